The number of non-ortho nitro benzene ring substituents is 1. The molecular weight excluding hydrogens is 476 g/mol. The van der Waals surface area contributed by atoms with Crippen LogP contribution in [0, 0.1) is 17.0 Å². The van der Waals surface area contributed by atoms with Crippen LogP contribution in [0.3, 0.4) is 0 Å². The zero-order chi connectivity index (χ0) is 26.4. The first-order chi connectivity index (χ1) is 17.9. The van der Waals surface area contributed by atoms with Crippen LogP contribution in [0.25, 0.3) is 17.0 Å². The molecule has 10 heteroatoms. The van der Waals surface area contributed by atoms with Crippen molar-refractivity contribution in [1.29, 1.82) is 0 Å². The SMILES string of the molecule is CCOc1cc(C=Nn2c(C)nc3ccccc3c2=O)ccc1OC(=O)/C=C/c1ccc([N+](=O)[O-])cc1. The first-order valence-electron chi connectivity index (χ1n) is 11.3. The van der Waals surface area contributed by atoms with Crippen molar-refractivity contribution in [3.63, 3.8) is 0 Å². The fraction of sp³-hybridized carbons (Fsp3) is 0.111. The highest BCUT2D eigenvalue weighted by molar-refractivity contribution is 5.89. The van der Waals surface area contributed by atoms with Crippen LogP contribution in [0.2, 0.25) is 0 Å². The molecule has 0 saturated carbocycles. The van der Waals surface area contributed by atoms with E-state index in [4.69, 9.17) is 9.47 Å². The quantitative estimate of drug-likeness (QED) is 0.0873. The normalized spacial score (nSPS) is 11.3. The summed E-state index contributed by atoms with van der Waals surface area (Å²) in [6, 6.07) is 17.7. The van der Waals surface area contributed by atoms with Gasteiger partial charge in [-0.05, 0) is 73.5 Å². The number of nitrogens with zero attached hydrogens (tertiary/aromatic N) is 4. The van der Waals surface area contributed by atoms with Gasteiger partial charge in [-0.3, -0.25) is 14.9 Å². The van der Waals surface area contributed by atoms with Crippen LogP contribution < -0.4 is 15.0 Å². The molecule has 3 aromatic carbocycles. The van der Waals surface area contributed by atoms with E-state index < -0.39 is 10.9 Å². The molecule has 0 bridgehead atoms. The number of ether oxygens (including phenoxy) is 2. The summed E-state index contributed by atoms with van der Waals surface area (Å²) in [5.41, 5.74) is 1.50. The number of rotatable bonds is 8. The number of esters is 1. The number of aryl methyl sites for hydroxylation is 1. The third kappa shape index (κ3) is 5.93. The molecule has 10 nitrogen and oxygen atoms in total. The monoisotopic (exact) mass is 498 g/mol. The van der Waals surface area contributed by atoms with Gasteiger partial charge in [0, 0.05) is 18.2 Å². The maximum Gasteiger partial charge on any atom is 0.336 e. The molecular formula is C27H22N4O6. The summed E-state index contributed by atoms with van der Waals surface area (Å²) in [5, 5.41) is 15.5. The van der Waals surface area contributed by atoms with Gasteiger partial charge in [0.25, 0.3) is 11.2 Å². The summed E-state index contributed by atoms with van der Waals surface area (Å²) < 4.78 is 12.3. The molecule has 186 valence electrons. The second-order valence-electron chi connectivity index (χ2n) is 7.78. The van der Waals surface area contributed by atoms with Crippen molar-refractivity contribution in [3.8, 4) is 11.5 Å². The van der Waals surface area contributed by atoms with Crippen LogP contribution in [0.4, 0.5) is 5.69 Å². The summed E-state index contributed by atoms with van der Waals surface area (Å²) in [5.74, 6) is 0.322. The number of para-hydroxylation sites is 1. The van der Waals surface area contributed by atoms with Gasteiger partial charge in [-0.15, -0.1) is 0 Å². The molecule has 0 saturated heterocycles. The smallest absolute Gasteiger partial charge is 0.336 e. The van der Waals surface area contributed by atoms with Crippen LogP contribution in [-0.4, -0.2) is 33.4 Å². The second-order valence-corrected chi connectivity index (χ2v) is 7.78. The number of hydrogen-bond donors (Lipinski definition) is 0. The van der Waals surface area contributed by atoms with Gasteiger partial charge < -0.3 is 9.47 Å². The summed E-state index contributed by atoms with van der Waals surface area (Å²) in [6.07, 6.45) is 4.20. The highest BCUT2D eigenvalue weighted by Crippen LogP contribution is 2.28. The van der Waals surface area contributed by atoms with Crippen LogP contribution in [-0.2, 0) is 4.79 Å². The van der Waals surface area contributed by atoms with E-state index in [1.807, 2.05) is 6.07 Å². The van der Waals surface area contributed by atoms with Crippen LogP contribution in [0.5, 0.6) is 11.5 Å². The predicted octanol–water partition coefficient (Wildman–Crippen LogP) is 4.51. The maximum atomic E-state index is 12.8. The number of carbonyl (C=O) groups excluding carboxylic acids is 1. The Kier molecular flexibility index (Phi) is 7.48. The van der Waals surface area contributed by atoms with Gasteiger partial charge in [0.15, 0.2) is 11.5 Å². The molecule has 0 atom stereocenters. The largest absolute Gasteiger partial charge is 0.490 e. The summed E-state index contributed by atoms with van der Waals surface area (Å²) in [7, 11) is 0. The Balaban J connectivity index is 1.52. The molecule has 0 spiro atoms. The van der Waals surface area contributed by atoms with Gasteiger partial charge in [-0.25, -0.2) is 9.78 Å². The molecule has 0 amide bonds. The van der Waals surface area contributed by atoms with Crippen molar-refractivity contribution in [1.82, 2.24) is 9.66 Å². The first kappa shape index (κ1) is 25.0. The van der Waals surface area contributed by atoms with Crippen LogP contribution >= 0.6 is 0 Å². The third-order valence-corrected chi connectivity index (χ3v) is 5.23. The van der Waals surface area contributed by atoms with E-state index in [-0.39, 0.29) is 17.0 Å². The minimum atomic E-state index is -0.648. The minimum absolute atomic E-state index is 0.0402. The van der Waals surface area contributed by atoms with Crippen molar-refractivity contribution in [2.45, 2.75) is 13.8 Å². The van der Waals surface area contributed by atoms with E-state index in [1.165, 1.54) is 47.3 Å². The fourth-order valence-corrected chi connectivity index (χ4v) is 3.47. The van der Waals surface area contributed by atoms with Crippen molar-refractivity contribution >= 4 is 34.9 Å². The maximum absolute atomic E-state index is 12.8. The van der Waals surface area contributed by atoms with Gasteiger partial charge in [0.2, 0.25) is 0 Å². The average molecular weight is 498 g/mol. The lowest BCUT2D eigenvalue weighted by molar-refractivity contribution is -0.384. The van der Waals surface area contributed by atoms with E-state index in [0.29, 0.717) is 40.2 Å². The minimum Gasteiger partial charge on any atom is -0.490 e. The molecule has 1 aromatic heterocycles. The number of fused-ring (bicyclic) bond motifs is 1. The van der Waals surface area contributed by atoms with Gasteiger partial charge >= 0.3 is 5.97 Å². The Morgan fingerprint density at radius 1 is 1.08 bits per heavy atom. The van der Waals surface area contributed by atoms with Crippen LogP contribution in [0.15, 0.2) is 82.7 Å². The number of carbonyl (C=O) groups is 1. The molecule has 0 N–H and O–H groups in total. The number of nitro groups is 1. The van der Waals surface area contributed by atoms with E-state index in [1.54, 1.807) is 50.2 Å². The third-order valence-electron chi connectivity index (χ3n) is 5.23. The Bertz CT molecular complexity index is 1590. The van der Waals surface area contributed by atoms with Crippen molar-refractivity contribution in [3.05, 3.63) is 110 Å². The van der Waals surface area contributed by atoms with Gasteiger partial charge in [-0.1, -0.05) is 12.1 Å². The summed E-state index contributed by atoms with van der Waals surface area (Å²) in [4.78, 5) is 39.9. The van der Waals surface area contributed by atoms with E-state index in [9.17, 15) is 19.7 Å². The Hall–Kier alpha value is -5.12. The van der Waals surface area contributed by atoms with Crippen LogP contribution in [0.1, 0.15) is 23.9 Å². The topological polar surface area (TPSA) is 126 Å². The van der Waals surface area contributed by atoms with Crippen molar-refractivity contribution < 1.29 is 19.2 Å². The first-order valence-corrected chi connectivity index (χ1v) is 11.3. The van der Waals surface area contributed by atoms with E-state index >= 15 is 0 Å². The molecule has 37 heavy (non-hydrogen) atoms. The molecule has 4 rings (SSSR count). The molecule has 0 aliphatic heterocycles. The van der Waals surface area contributed by atoms with Gasteiger partial charge in [0.05, 0.1) is 28.6 Å². The highest BCUT2D eigenvalue weighted by Gasteiger charge is 2.11. The molecule has 0 aliphatic rings. The zero-order valence-corrected chi connectivity index (χ0v) is 20.0. The number of aromatic nitrogens is 2. The molecule has 0 radical (unpaired) electrons. The van der Waals surface area contributed by atoms with E-state index in [0.717, 1.165) is 0 Å². The highest BCUT2D eigenvalue weighted by atomic mass is 16.6. The Labute approximate surface area is 211 Å². The number of benzene rings is 3. The van der Waals surface area contributed by atoms with Gasteiger partial charge in [0.1, 0.15) is 5.82 Å². The number of hydrogen-bond acceptors (Lipinski definition) is 8. The molecule has 1 heterocycles. The molecule has 0 aliphatic carbocycles. The predicted molar refractivity (Wildman–Crippen MR) is 139 cm³/mol. The molecule has 4 aromatic rings. The zero-order valence-electron chi connectivity index (χ0n) is 20.0. The number of nitro benzene ring substituents is 1. The summed E-state index contributed by atoms with van der Waals surface area (Å²) in [6.45, 7) is 3.82. The van der Waals surface area contributed by atoms with Crippen molar-refractivity contribution in [2.24, 2.45) is 5.10 Å². The average Bonchev–Trinajstić information content (AvgIpc) is 2.89. The lowest BCUT2D eigenvalue weighted by atomic mass is 10.2. The summed E-state index contributed by atoms with van der Waals surface area (Å²) >= 11 is 0. The second kappa shape index (κ2) is 11.1. The molecule has 0 unspecified atom stereocenters. The standard InChI is InChI=1S/C27H22N4O6/c1-3-36-25-16-20(17-28-30-18(2)29-23-7-5-4-6-22(23)27(30)33)10-14-24(25)37-26(32)15-11-19-8-12-21(13-9-19)31(34)35/h4-17H,3H2,1-2H3/b15-11+,28-17?. The fourth-order valence-electron chi connectivity index (χ4n) is 3.47. The lowest BCUT2D eigenvalue weighted by Gasteiger charge is -2.10. The van der Waals surface area contributed by atoms with Gasteiger partial charge in [-0.2, -0.15) is 9.78 Å². The lowest BCUT2D eigenvalue weighted by Crippen LogP contribution is -2.20. The Morgan fingerprint density at radius 2 is 1.81 bits per heavy atom. The molecule has 0 fully saturated rings. The Morgan fingerprint density at radius 3 is 2.54 bits per heavy atom. The van der Waals surface area contributed by atoms with Crippen molar-refractivity contribution in [2.75, 3.05) is 6.61 Å². The van der Waals surface area contributed by atoms with E-state index in [2.05, 4.69) is 10.1 Å².